The van der Waals surface area contributed by atoms with Crippen molar-refractivity contribution < 1.29 is 5.11 Å². The van der Waals surface area contributed by atoms with Crippen molar-refractivity contribution in [2.75, 3.05) is 32.8 Å². The van der Waals surface area contributed by atoms with Gasteiger partial charge >= 0.3 is 0 Å². The molecule has 0 aromatic carbocycles. The Bertz CT molecular complexity index is 206. The van der Waals surface area contributed by atoms with Crippen LogP contribution in [0.3, 0.4) is 0 Å². The lowest BCUT2D eigenvalue weighted by Crippen LogP contribution is -2.37. The lowest BCUT2D eigenvalue weighted by molar-refractivity contribution is 0.147. The van der Waals surface area contributed by atoms with Gasteiger partial charge in [0.2, 0.25) is 0 Å². The molecule has 0 aliphatic carbocycles. The molecule has 0 radical (unpaired) electrons. The number of hydrogen-bond donors (Lipinski definition) is 2. The molecule has 0 bridgehead atoms. The van der Waals surface area contributed by atoms with Gasteiger partial charge in [0.15, 0.2) is 0 Å². The first-order valence-corrected chi connectivity index (χ1v) is 5.91. The van der Waals surface area contributed by atoms with Crippen molar-refractivity contribution in [3.05, 3.63) is 12.2 Å². The SMILES string of the molecule is C=C(CNCC)CN1CCC(C)C1CO. The number of likely N-dealkylation sites (N-methyl/N-ethyl adjacent to an activating group) is 1. The van der Waals surface area contributed by atoms with Crippen molar-refractivity contribution >= 4 is 0 Å². The van der Waals surface area contributed by atoms with Crippen molar-refractivity contribution in [2.45, 2.75) is 26.3 Å². The molecule has 3 nitrogen and oxygen atoms in total. The quantitative estimate of drug-likeness (QED) is 0.641. The Morgan fingerprint density at radius 3 is 2.93 bits per heavy atom. The summed E-state index contributed by atoms with van der Waals surface area (Å²) in [4.78, 5) is 2.35. The lowest BCUT2D eigenvalue weighted by Gasteiger charge is -2.25. The van der Waals surface area contributed by atoms with E-state index in [-0.39, 0.29) is 6.61 Å². The second-order valence-corrected chi connectivity index (χ2v) is 4.52. The van der Waals surface area contributed by atoms with E-state index in [4.69, 9.17) is 0 Å². The van der Waals surface area contributed by atoms with Crippen LogP contribution >= 0.6 is 0 Å². The molecule has 0 aromatic heterocycles. The Kier molecular flexibility index (Phi) is 5.29. The van der Waals surface area contributed by atoms with Gasteiger partial charge in [-0.25, -0.2) is 0 Å². The summed E-state index contributed by atoms with van der Waals surface area (Å²) in [5.74, 6) is 0.613. The van der Waals surface area contributed by atoms with Gasteiger partial charge in [-0.05, 0) is 31.0 Å². The van der Waals surface area contributed by atoms with Gasteiger partial charge in [-0.1, -0.05) is 20.4 Å². The number of likely N-dealkylation sites (tertiary alicyclic amines) is 1. The maximum absolute atomic E-state index is 9.31. The molecule has 3 heteroatoms. The maximum Gasteiger partial charge on any atom is 0.0589 e. The highest BCUT2D eigenvalue weighted by Gasteiger charge is 2.30. The Labute approximate surface area is 93.2 Å². The molecule has 0 aromatic rings. The molecule has 2 atom stereocenters. The first kappa shape index (κ1) is 12.7. The molecule has 0 amide bonds. The molecule has 2 unspecified atom stereocenters. The van der Waals surface area contributed by atoms with E-state index < -0.39 is 0 Å². The molecule has 1 aliphatic rings. The minimum Gasteiger partial charge on any atom is -0.395 e. The average Bonchev–Trinajstić information content (AvgIpc) is 2.56. The first-order valence-electron chi connectivity index (χ1n) is 5.91. The molecule has 1 aliphatic heterocycles. The highest BCUT2D eigenvalue weighted by molar-refractivity contribution is 5.02. The van der Waals surface area contributed by atoms with Crippen LogP contribution in [0.5, 0.6) is 0 Å². The van der Waals surface area contributed by atoms with E-state index in [0.29, 0.717) is 12.0 Å². The van der Waals surface area contributed by atoms with Crippen LogP contribution in [0.2, 0.25) is 0 Å². The molecule has 1 rings (SSSR count). The van der Waals surface area contributed by atoms with E-state index >= 15 is 0 Å². The Hall–Kier alpha value is -0.380. The minimum atomic E-state index is 0.273. The summed E-state index contributed by atoms with van der Waals surface area (Å²) in [5, 5.41) is 12.6. The number of rotatable bonds is 6. The second kappa shape index (κ2) is 6.26. The molecular formula is C12H24N2O. The molecule has 0 spiro atoms. The number of aliphatic hydroxyl groups is 1. The molecule has 0 saturated carbocycles. The molecule has 15 heavy (non-hydrogen) atoms. The number of aliphatic hydroxyl groups excluding tert-OH is 1. The topological polar surface area (TPSA) is 35.5 Å². The van der Waals surface area contributed by atoms with E-state index in [1.54, 1.807) is 0 Å². The Morgan fingerprint density at radius 1 is 1.60 bits per heavy atom. The van der Waals surface area contributed by atoms with E-state index in [1.807, 2.05) is 0 Å². The number of hydrogen-bond acceptors (Lipinski definition) is 3. The zero-order valence-corrected chi connectivity index (χ0v) is 10.00. The van der Waals surface area contributed by atoms with Crippen LogP contribution in [-0.2, 0) is 0 Å². The van der Waals surface area contributed by atoms with Gasteiger partial charge in [-0.15, -0.1) is 0 Å². The summed E-state index contributed by atoms with van der Waals surface area (Å²) < 4.78 is 0. The third-order valence-corrected chi connectivity index (χ3v) is 3.24. The van der Waals surface area contributed by atoms with Gasteiger partial charge in [0.25, 0.3) is 0 Å². The Morgan fingerprint density at radius 2 is 2.33 bits per heavy atom. The smallest absolute Gasteiger partial charge is 0.0589 e. The zero-order chi connectivity index (χ0) is 11.3. The average molecular weight is 212 g/mol. The summed E-state index contributed by atoms with van der Waals surface area (Å²) in [6.45, 7) is 12.5. The second-order valence-electron chi connectivity index (χ2n) is 4.52. The van der Waals surface area contributed by atoms with Crippen molar-refractivity contribution in [1.82, 2.24) is 10.2 Å². The van der Waals surface area contributed by atoms with E-state index in [1.165, 1.54) is 12.0 Å². The number of nitrogens with one attached hydrogen (secondary N) is 1. The molecule has 1 saturated heterocycles. The lowest BCUT2D eigenvalue weighted by atomic mass is 10.0. The van der Waals surface area contributed by atoms with Crippen LogP contribution in [0.4, 0.5) is 0 Å². The van der Waals surface area contributed by atoms with Crippen LogP contribution in [0.1, 0.15) is 20.3 Å². The first-order chi connectivity index (χ1) is 7.19. The van der Waals surface area contributed by atoms with Gasteiger partial charge in [0, 0.05) is 19.1 Å². The fourth-order valence-corrected chi connectivity index (χ4v) is 2.22. The van der Waals surface area contributed by atoms with Crippen molar-refractivity contribution in [3.8, 4) is 0 Å². The van der Waals surface area contributed by atoms with Crippen LogP contribution in [0.25, 0.3) is 0 Å². The third kappa shape index (κ3) is 3.59. The molecule has 2 N–H and O–H groups in total. The predicted octanol–water partition coefficient (Wildman–Crippen LogP) is 0.855. The summed E-state index contributed by atoms with van der Waals surface area (Å²) >= 11 is 0. The summed E-state index contributed by atoms with van der Waals surface area (Å²) in [6, 6.07) is 0.336. The highest BCUT2D eigenvalue weighted by atomic mass is 16.3. The Balaban J connectivity index is 2.34. The van der Waals surface area contributed by atoms with E-state index in [2.05, 4.69) is 30.6 Å². The highest BCUT2D eigenvalue weighted by Crippen LogP contribution is 2.23. The van der Waals surface area contributed by atoms with Gasteiger partial charge in [0.1, 0.15) is 0 Å². The minimum absolute atomic E-state index is 0.273. The summed E-state index contributed by atoms with van der Waals surface area (Å²) in [7, 11) is 0. The van der Waals surface area contributed by atoms with Crippen LogP contribution < -0.4 is 5.32 Å². The van der Waals surface area contributed by atoms with Gasteiger partial charge in [-0.2, -0.15) is 0 Å². The fourth-order valence-electron chi connectivity index (χ4n) is 2.22. The van der Waals surface area contributed by atoms with E-state index in [0.717, 1.165) is 26.2 Å². The van der Waals surface area contributed by atoms with Gasteiger partial charge < -0.3 is 10.4 Å². The molecular weight excluding hydrogens is 188 g/mol. The zero-order valence-electron chi connectivity index (χ0n) is 10.00. The van der Waals surface area contributed by atoms with Crippen molar-refractivity contribution in [1.29, 1.82) is 0 Å². The standard InChI is InChI=1S/C12H24N2O/c1-4-13-7-10(2)8-14-6-5-11(3)12(14)9-15/h11-13,15H,2,4-9H2,1,3H3. The fraction of sp³-hybridized carbons (Fsp3) is 0.833. The van der Waals surface area contributed by atoms with Crippen LogP contribution in [0.15, 0.2) is 12.2 Å². The monoisotopic (exact) mass is 212 g/mol. The summed E-state index contributed by atoms with van der Waals surface area (Å²) in [6.07, 6.45) is 1.19. The normalized spacial score (nSPS) is 27.1. The number of nitrogens with zero attached hydrogens (tertiary/aromatic N) is 1. The predicted molar refractivity (Wildman–Crippen MR) is 63.9 cm³/mol. The maximum atomic E-state index is 9.31. The van der Waals surface area contributed by atoms with Crippen molar-refractivity contribution in [2.24, 2.45) is 5.92 Å². The largest absolute Gasteiger partial charge is 0.395 e. The third-order valence-electron chi connectivity index (χ3n) is 3.24. The van der Waals surface area contributed by atoms with Gasteiger partial charge in [-0.3, -0.25) is 4.90 Å². The molecule has 1 fully saturated rings. The molecule has 88 valence electrons. The van der Waals surface area contributed by atoms with Crippen molar-refractivity contribution in [3.63, 3.8) is 0 Å². The van der Waals surface area contributed by atoms with E-state index in [9.17, 15) is 5.11 Å². The summed E-state index contributed by atoms with van der Waals surface area (Å²) in [5.41, 5.74) is 1.21. The van der Waals surface area contributed by atoms with Crippen LogP contribution in [-0.4, -0.2) is 48.8 Å². The van der Waals surface area contributed by atoms with Crippen LogP contribution in [0, 0.1) is 5.92 Å². The van der Waals surface area contributed by atoms with Gasteiger partial charge in [0.05, 0.1) is 6.61 Å². The molecule has 1 heterocycles.